The molecular weight excluding hydrogens is 271 g/mol. The van der Waals surface area contributed by atoms with Crippen LogP contribution in [0.5, 0.6) is 5.75 Å². The smallest absolute Gasteiger partial charge is 0.150 e. The lowest BCUT2D eigenvalue weighted by atomic mass is 10.1. The summed E-state index contributed by atoms with van der Waals surface area (Å²) in [5, 5.41) is 9.51. The third kappa shape index (κ3) is 5.16. The molecule has 0 heterocycles. The minimum atomic E-state index is -3.00. The molecule has 1 aromatic rings. The van der Waals surface area contributed by atoms with Gasteiger partial charge in [0.2, 0.25) is 0 Å². The van der Waals surface area contributed by atoms with Crippen LogP contribution in [-0.2, 0) is 9.84 Å². The van der Waals surface area contributed by atoms with E-state index in [2.05, 4.69) is 0 Å². The van der Waals surface area contributed by atoms with E-state index in [1.165, 1.54) is 25.1 Å². The molecule has 0 radical (unpaired) electrons. The van der Waals surface area contributed by atoms with Crippen molar-refractivity contribution in [3.05, 3.63) is 29.6 Å². The first-order valence-corrected chi connectivity index (χ1v) is 7.98. The Labute approximate surface area is 113 Å². The number of rotatable bonds is 7. The summed E-state index contributed by atoms with van der Waals surface area (Å²) >= 11 is 0. The van der Waals surface area contributed by atoms with Crippen molar-refractivity contribution in [3.63, 3.8) is 0 Å². The normalized spacial score (nSPS) is 13.3. The predicted molar refractivity (Wildman–Crippen MR) is 71.5 cm³/mol. The Morgan fingerprint density at radius 1 is 1.42 bits per heavy atom. The molecule has 0 spiro atoms. The Hall–Kier alpha value is -1.14. The van der Waals surface area contributed by atoms with Gasteiger partial charge in [0.25, 0.3) is 0 Å². The monoisotopic (exact) mass is 290 g/mol. The molecule has 0 saturated heterocycles. The second-order valence-corrected chi connectivity index (χ2v) is 6.77. The lowest BCUT2D eigenvalue weighted by molar-refractivity contribution is 0.190. The number of aliphatic hydroxyl groups is 1. The molecule has 0 aromatic heterocycles. The first kappa shape index (κ1) is 15.9. The van der Waals surface area contributed by atoms with E-state index >= 15 is 0 Å². The van der Waals surface area contributed by atoms with Gasteiger partial charge in [-0.15, -0.1) is 0 Å². The van der Waals surface area contributed by atoms with Crippen LogP contribution in [0, 0.1) is 5.82 Å². The Morgan fingerprint density at radius 3 is 2.68 bits per heavy atom. The van der Waals surface area contributed by atoms with Gasteiger partial charge in [-0.2, -0.15) is 0 Å². The number of sulfone groups is 1. The van der Waals surface area contributed by atoms with Gasteiger partial charge in [0.1, 0.15) is 21.4 Å². The fraction of sp³-hybridized carbons (Fsp3) is 0.538. The molecule has 0 amide bonds. The number of aliphatic hydroxyl groups excluding tert-OH is 1. The number of hydrogen-bond acceptors (Lipinski definition) is 4. The molecule has 1 atom stereocenters. The van der Waals surface area contributed by atoms with Gasteiger partial charge in [0, 0.05) is 11.3 Å². The highest BCUT2D eigenvalue weighted by molar-refractivity contribution is 7.91. The molecule has 6 heteroatoms. The Bertz CT molecular complexity index is 511. The van der Waals surface area contributed by atoms with Gasteiger partial charge < -0.3 is 9.84 Å². The summed E-state index contributed by atoms with van der Waals surface area (Å²) in [5.74, 6) is 0.110. The Kier molecular flexibility index (Phi) is 5.75. The average molecular weight is 290 g/mol. The van der Waals surface area contributed by atoms with E-state index in [0.717, 1.165) is 0 Å². The van der Waals surface area contributed by atoms with Crippen molar-refractivity contribution in [2.45, 2.75) is 26.4 Å². The molecular formula is C13H19FO4S. The fourth-order valence-electron chi connectivity index (χ4n) is 1.58. The Morgan fingerprint density at radius 2 is 2.11 bits per heavy atom. The highest BCUT2D eigenvalue weighted by atomic mass is 32.2. The van der Waals surface area contributed by atoms with Gasteiger partial charge in [-0.05, 0) is 31.5 Å². The summed E-state index contributed by atoms with van der Waals surface area (Å²) in [6.45, 7) is 3.33. The van der Waals surface area contributed by atoms with Gasteiger partial charge in [0.15, 0.2) is 0 Å². The maximum absolute atomic E-state index is 13.1. The summed E-state index contributed by atoms with van der Waals surface area (Å²) in [7, 11) is -3.00. The van der Waals surface area contributed by atoms with Crippen molar-refractivity contribution in [3.8, 4) is 5.75 Å². The Balaban J connectivity index is 2.59. The molecule has 108 valence electrons. The van der Waals surface area contributed by atoms with Crippen LogP contribution in [0.3, 0.4) is 0 Å². The lowest BCUT2D eigenvalue weighted by Crippen LogP contribution is -2.12. The van der Waals surface area contributed by atoms with E-state index < -0.39 is 21.8 Å². The van der Waals surface area contributed by atoms with E-state index in [9.17, 15) is 17.9 Å². The molecule has 1 aromatic carbocycles. The maximum atomic E-state index is 13.1. The standard InChI is InChI=1S/C13H19FO4S/c1-3-19(16,17)8-4-7-18-13-6-5-11(14)9-12(13)10(2)15/h5-6,9-10,15H,3-4,7-8H2,1-2H3. The van der Waals surface area contributed by atoms with Crippen molar-refractivity contribution in [1.29, 1.82) is 0 Å². The minimum Gasteiger partial charge on any atom is -0.493 e. The second kappa shape index (κ2) is 6.86. The van der Waals surface area contributed by atoms with Crippen LogP contribution in [-0.4, -0.2) is 31.6 Å². The molecule has 1 rings (SSSR count). The van der Waals surface area contributed by atoms with Gasteiger partial charge in [-0.1, -0.05) is 6.92 Å². The van der Waals surface area contributed by atoms with Crippen LogP contribution in [0.15, 0.2) is 18.2 Å². The van der Waals surface area contributed by atoms with Crippen LogP contribution < -0.4 is 4.74 Å². The molecule has 19 heavy (non-hydrogen) atoms. The number of hydrogen-bond donors (Lipinski definition) is 1. The number of halogens is 1. The highest BCUT2D eigenvalue weighted by Crippen LogP contribution is 2.26. The van der Waals surface area contributed by atoms with E-state index in [4.69, 9.17) is 4.74 Å². The number of benzene rings is 1. The van der Waals surface area contributed by atoms with E-state index in [1.54, 1.807) is 6.92 Å². The molecule has 0 aliphatic rings. The summed E-state index contributed by atoms with van der Waals surface area (Å²) in [6, 6.07) is 3.89. The van der Waals surface area contributed by atoms with E-state index in [-0.39, 0.29) is 18.1 Å². The van der Waals surface area contributed by atoms with Gasteiger partial charge in [-0.25, -0.2) is 12.8 Å². The van der Waals surface area contributed by atoms with Crippen molar-refractivity contribution >= 4 is 9.84 Å². The van der Waals surface area contributed by atoms with E-state index in [1.807, 2.05) is 0 Å². The molecule has 0 aliphatic carbocycles. The van der Waals surface area contributed by atoms with Crippen LogP contribution in [0.4, 0.5) is 4.39 Å². The van der Waals surface area contributed by atoms with Crippen LogP contribution >= 0.6 is 0 Å². The zero-order chi connectivity index (χ0) is 14.5. The van der Waals surface area contributed by atoms with Gasteiger partial charge in [-0.3, -0.25) is 0 Å². The zero-order valence-corrected chi connectivity index (χ0v) is 11.9. The van der Waals surface area contributed by atoms with Crippen LogP contribution in [0.1, 0.15) is 31.9 Å². The third-order valence-electron chi connectivity index (χ3n) is 2.72. The third-order valence-corrected chi connectivity index (χ3v) is 4.51. The molecule has 0 saturated carbocycles. The molecule has 0 fully saturated rings. The van der Waals surface area contributed by atoms with Crippen molar-refractivity contribution in [1.82, 2.24) is 0 Å². The van der Waals surface area contributed by atoms with E-state index in [0.29, 0.717) is 17.7 Å². The summed E-state index contributed by atoms with van der Waals surface area (Å²) in [4.78, 5) is 0. The van der Waals surface area contributed by atoms with Gasteiger partial charge >= 0.3 is 0 Å². The highest BCUT2D eigenvalue weighted by Gasteiger charge is 2.11. The molecule has 4 nitrogen and oxygen atoms in total. The second-order valence-electron chi connectivity index (χ2n) is 4.30. The molecule has 1 unspecified atom stereocenters. The summed E-state index contributed by atoms with van der Waals surface area (Å²) in [6.07, 6.45) is -0.475. The largest absolute Gasteiger partial charge is 0.493 e. The molecule has 0 aliphatic heterocycles. The van der Waals surface area contributed by atoms with Gasteiger partial charge in [0.05, 0.1) is 18.5 Å². The zero-order valence-electron chi connectivity index (χ0n) is 11.1. The van der Waals surface area contributed by atoms with Crippen molar-refractivity contribution in [2.75, 3.05) is 18.1 Å². The SMILES string of the molecule is CCS(=O)(=O)CCCOc1ccc(F)cc1C(C)O. The first-order chi connectivity index (χ1) is 8.85. The van der Waals surface area contributed by atoms with Crippen LogP contribution in [0.2, 0.25) is 0 Å². The molecule has 0 bridgehead atoms. The first-order valence-electron chi connectivity index (χ1n) is 6.16. The summed E-state index contributed by atoms with van der Waals surface area (Å²) < 4.78 is 41.0. The van der Waals surface area contributed by atoms with Crippen molar-refractivity contribution in [2.24, 2.45) is 0 Å². The quantitative estimate of drug-likeness (QED) is 0.781. The summed E-state index contributed by atoms with van der Waals surface area (Å²) in [5.41, 5.74) is 0.360. The minimum absolute atomic E-state index is 0.0642. The average Bonchev–Trinajstić information content (AvgIpc) is 2.36. The lowest BCUT2D eigenvalue weighted by Gasteiger charge is -2.13. The maximum Gasteiger partial charge on any atom is 0.150 e. The van der Waals surface area contributed by atoms with Crippen LogP contribution in [0.25, 0.3) is 0 Å². The molecule has 1 N–H and O–H groups in total. The fourth-order valence-corrected chi connectivity index (χ4v) is 2.43. The topological polar surface area (TPSA) is 63.6 Å². The number of ether oxygens (including phenoxy) is 1. The predicted octanol–water partition coefficient (Wildman–Crippen LogP) is 2.08. The van der Waals surface area contributed by atoms with Crippen molar-refractivity contribution < 1.29 is 22.7 Å².